The first-order valence-electron chi connectivity index (χ1n) is 10.8. The van der Waals surface area contributed by atoms with E-state index in [0.29, 0.717) is 23.5 Å². The number of hydrogen-bond donors (Lipinski definition) is 0. The van der Waals surface area contributed by atoms with Crippen molar-refractivity contribution in [3.05, 3.63) is 34.8 Å². The van der Waals surface area contributed by atoms with Crippen LogP contribution in [-0.2, 0) is 9.84 Å². The summed E-state index contributed by atoms with van der Waals surface area (Å²) in [5.41, 5.74) is 2.68. The van der Waals surface area contributed by atoms with Crippen LogP contribution in [0.15, 0.2) is 23.6 Å². The van der Waals surface area contributed by atoms with Crippen molar-refractivity contribution in [3.8, 4) is 10.6 Å². The maximum absolute atomic E-state index is 13.6. The van der Waals surface area contributed by atoms with Crippen molar-refractivity contribution in [2.45, 2.75) is 39.2 Å². The summed E-state index contributed by atoms with van der Waals surface area (Å²) in [6.45, 7) is 5.62. The van der Waals surface area contributed by atoms with Crippen molar-refractivity contribution in [2.75, 3.05) is 24.6 Å². The predicted octanol–water partition coefficient (Wildman–Crippen LogP) is 3.70. The lowest BCUT2D eigenvalue weighted by Gasteiger charge is -2.30. The van der Waals surface area contributed by atoms with E-state index in [1.807, 2.05) is 35.4 Å². The van der Waals surface area contributed by atoms with Gasteiger partial charge < -0.3 is 4.90 Å². The summed E-state index contributed by atoms with van der Waals surface area (Å²) in [5.74, 6) is 0.887. The molecule has 0 unspecified atom stereocenters. The first kappa shape index (κ1) is 20.6. The zero-order chi connectivity index (χ0) is 21.8. The SMILES string of the molecule is Cc1nn([C@H]2CCS(=O)(=O)C2)c2nc(-c3cccs3)cc(C(=O)N3CCC(C)CC3)c12. The number of rotatable bonds is 3. The number of likely N-dealkylation sites (tertiary alicyclic amines) is 1. The average molecular weight is 459 g/mol. The minimum Gasteiger partial charge on any atom is -0.339 e. The molecular formula is C22H26N4O3S2. The van der Waals surface area contributed by atoms with Gasteiger partial charge in [-0.15, -0.1) is 11.3 Å². The number of thiophene rings is 1. The monoisotopic (exact) mass is 458 g/mol. The van der Waals surface area contributed by atoms with Gasteiger partial charge in [-0.05, 0) is 49.6 Å². The number of amides is 1. The lowest BCUT2D eigenvalue weighted by atomic mass is 9.98. The van der Waals surface area contributed by atoms with Crippen molar-refractivity contribution in [2.24, 2.45) is 5.92 Å². The van der Waals surface area contributed by atoms with E-state index >= 15 is 0 Å². The van der Waals surface area contributed by atoms with Gasteiger partial charge in [0.25, 0.3) is 5.91 Å². The standard InChI is InChI=1S/C22H26N4O3S2/c1-14-5-8-25(9-6-14)22(27)17-12-18(19-4-3-10-30-19)23-21-20(17)15(2)24-26(21)16-7-11-31(28,29)13-16/h3-4,10,12,14,16H,5-9,11,13H2,1-2H3/t16-/m0/s1. The fraction of sp³-hybridized carbons (Fsp3) is 0.500. The van der Waals surface area contributed by atoms with Gasteiger partial charge in [-0.2, -0.15) is 5.10 Å². The summed E-state index contributed by atoms with van der Waals surface area (Å²) < 4.78 is 25.9. The minimum atomic E-state index is -3.07. The van der Waals surface area contributed by atoms with Crippen LogP contribution in [0, 0.1) is 12.8 Å². The Balaban J connectivity index is 1.66. The molecular weight excluding hydrogens is 432 g/mol. The van der Waals surface area contributed by atoms with E-state index in [-0.39, 0.29) is 23.5 Å². The van der Waals surface area contributed by atoms with Crippen LogP contribution in [0.25, 0.3) is 21.6 Å². The Bertz CT molecular complexity index is 1240. The summed E-state index contributed by atoms with van der Waals surface area (Å²) in [6.07, 6.45) is 2.54. The summed E-state index contributed by atoms with van der Waals surface area (Å²) in [5, 5.41) is 7.41. The second kappa shape index (κ2) is 7.70. The third-order valence-electron chi connectivity index (χ3n) is 6.47. The molecule has 2 aliphatic rings. The Morgan fingerprint density at radius 1 is 1.23 bits per heavy atom. The molecule has 3 aromatic rings. The Kier molecular flexibility index (Phi) is 5.13. The average Bonchev–Trinajstić information content (AvgIpc) is 3.47. The van der Waals surface area contributed by atoms with Gasteiger partial charge in [0.05, 0.1) is 44.8 Å². The first-order valence-corrected chi connectivity index (χ1v) is 13.5. The van der Waals surface area contributed by atoms with Crippen LogP contribution in [0.2, 0.25) is 0 Å². The number of carbonyl (C=O) groups excluding carboxylic acids is 1. The van der Waals surface area contributed by atoms with Crippen LogP contribution >= 0.6 is 11.3 Å². The van der Waals surface area contributed by atoms with Gasteiger partial charge in [-0.1, -0.05) is 13.0 Å². The summed E-state index contributed by atoms with van der Waals surface area (Å²) >= 11 is 1.57. The van der Waals surface area contributed by atoms with Gasteiger partial charge in [0.15, 0.2) is 15.5 Å². The number of sulfone groups is 1. The second-order valence-corrected chi connectivity index (χ2v) is 12.0. The molecule has 1 amide bonds. The van der Waals surface area contributed by atoms with Crippen LogP contribution in [-0.4, -0.2) is 58.6 Å². The second-order valence-electron chi connectivity index (χ2n) is 8.79. The Morgan fingerprint density at radius 2 is 2.00 bits per heavy atom. The van der Waals surface area contributed by atoms with Gasteiger partial charge in [-0.25, -0.2) is 18.1 Å². The molecule has 2 saturated heterocycles. The zero-order valence-corrected chi connectivity index (χ0v) is 19.4. The Labute approximate surface area is 186 Å². The van der Waals surface area contributed by atoms with E-state index < -0.39 is 9.84 Å². The molecule has 7 nitrogen and oxygen atoms in total. The van der Waals surface area contributed by atoms with Crippen LogP contribution in [0.4, 0.5) is 0 Å². The molecule has 0 spiro atoms. The molecule has 3 aromatic heterocycles. The van der Waals surface area contributed by atoms with E-state index in [2.05, 4.69) is 12.0 Å². The Hall–Kier alpha value is -2.26. The molecule has 5 rings (SSSR count). The number of carbonyl (C=O) groups is 1. The molecule has 9 heteroatoms. The fourth-order valence-corrected chi connectivity index (χ4v) is 7.02. The van der Waals surface area contributed by atoms with Gasteiger partial charge >= 0.3 is 0 Å². The van der Waals surface area contributed by atoms with E-state index in [1.165, 1.54) is 0 Å². The largest absolute Gasteiger partial charge is 0.339 e. The molecule has 0 aliphatic carbocycles. The number of aromatic nitrogens is 3. The highest BCUT2D eigenvalue weighted by molar-refractivity contribution is 7.91. The number of aryl methyl sites for hydroxylation is 1. The highest BCUT2D eigenvalue weighted by atomic mass is 32.2. The lowest BCUT2D eigenvalue weighted by Crippen LogP contribution is -2.38. The topological polar surface area (TPSA) is 85.2 Å². The van der Waals surface area contributed by atoms with Crippen molar-refractivity contribution in [1.82, 2.24) is 19.7 Å². The normalized spacial score (nSPS) is 21.7. The van der Waals surface area contributed by atoms with Crippen molar-refractivity contribution in [3.63, 3.8) is 0 Å². The summed E-state index contributed by atoms with van der Waals surface area (Å²) in [6, 6.07) is 5.60. The summed E-state index contributed by atoms with van der Waals surface area (Å²) in [7, 11) is -3.07. The van der Waals surface area contributed by atoms with Crippen LogP contribution in [0.1, 0.15) is 48.3 Å². The predicted molar refractivity (Wildman–Crippen MR) is 122 cm³/mol. The molecule has 0 N–H and O–H groups in total. The molecule has 0 saturated carbocycles. The quantitative estimate of drug-likeness (QED) is 0.597. The van der Waals surface area contributed by atoms with Crippen molar-refractivity contribution in [1.29, 1.82) is 0 Å². The molecule has 5 heterocycles. The van der Waals surface area contributed by atoms with E-state index in [9.17, 15) is 13.2 Å². The third kappa shape index (κ3) is 3.78. The van der Waals surface area contributed by atoms with Crippen LogP contribution in [0.5, 0.6) is 0 Å². The van der Waals surface area contributed by atoms with Crippen molar-refractivity contribution < 1.29 is 13.2 Å². The number of nitrogens with zero attached hydrogens (tertiary/aromatic N) is 4. The molecule has 0 radical (unpaired) electrons. The van der Waals surface area contributed by atoms with Crippen LogP contribution in [0.3, 0.4) is 0 Å². The molecule has 2 aliphatic heterocycles. The zero-order valence-electron chi connectivity index (χ0n) is 17.7. The van der Waals surface area contributed by atoms with Crippen molar-refractivity contribution >= 4 is 38.1 Å². The first-order chi connectivity index (χ1) is 14.8. The van der Waals surface area contributed by atoms with E-state index in [0.717, 1.165) is 47.6 Å². The number of piperidine rings is 1. The van der Waals surface area contributed by atoms with Gasteiger partial charge in [0, 0.05) is 13.1 Å². The minimum absolute atomic E-state index is 0.0128. The fourth-order valence-electron chi connectivity index (χ4n) is 4.64. The van der Waals surface area contributed by atoms with Gasteiger partial charge in [-0.3, -0.25) is 4.79 Å². The number of hydrogen-bond acceptors (Lipinski definition) is 6. The Morgan fingerprint density at radius 3 is 2.65 bits per heavy atom. The molecule has 0 aromatic carbocycles. The molecule has 31 heavy (non-hydrogen) atoms. The van der Waals surface area contributed by atoms with E-state index in [1.54, 1.807) is 16.0 Å². The smallest absolute Gasteiger partial charge is 0.254 e. The molecule has 164 valence electrons. The van der Waals surface area contributed by atoms with Gasteiger partial charge in [0.1, 0.15) is 0 Å². The third-order valence-corrected chi connectivity index (χ3v) is 9.11. The highest BCUT2D eigenvalue weighted by Gasteiger charge is 2.33. The summed E-state index contributed by atoms with van der Waals surface area (Å²) in [4.78, 5) is 21.4. The number of pyridine rings is 1. The van der Waals surface area contributed by atoms with Crippen LogP contribution < -0.4 is 0 Å². The molecule has 1 atom stereocenters. The lowest BCUT2D eigenvalue weighted by molar-refractivity contribution is 0.0699. The van der Waals surface area contributed by atoms with Gasteiger partial charge in [0.2, 0.25) is 0 Å². The molecule has 2 fully saturated rings. The maximum Gasteiger partial charge on any atom is 0.254 e. The maximum atomic E-state index is 13.6. The molecule has 0 bridgehead atoms. The highest BCUT2D eigenvalue weighted by Crippen LogP contribution is 2.34. The van der Waals surface area contributed by atoms with E-state index in [4.69, 9.17) is 4.98 Å². The number of fused-ring (bicyclic) bond motifs is 1.